The number of alkyl halides is 3. The summed E-state index contributed by atoms with van der Waals surface area (Å²) in [6, 6.07) is 10.5. The number of thiocarbonyl (C=S) groups is 1. The molecule has 0 atom stereocenters. The number of aromatic carboxylic acids is 1. The van der Waals surface area contributed by atoms with Gasteiger partial charge in [0.05, 0.1) is 21.7 Å². The van der Waals surface area contributed by atoms with Crippen LogP contribution in [0.25, 0.3) is 6.08 Å². The van der Waals surface area contributed by atoms with Crippen molar-refractivity contribution in [3.8, 4) is 0 Å². The number of para-hydroxylation sites is 1. The van der Waals surface area contributed by atoms with Crippen molar-refractivity contribution >= 4 is 51.9 Å². The fourth-order valence-corrected chi connectivity index (χ4v) is 3.74. The molecule has 138 valence electrons. The van der Waals surface area contributed by atoms with Gasteiger partial charge in [-0.05, 0) is 35.9 Å². The highest BCUT2D eigenvalue weighted by molar-refractivity contribution is 8.27. The normalized spacial score (nSPS) is 16.3. The molecule has 2 aromatic carbocycles. The van der Waals surface area contributed by atoms with Gasteiger partial charge in [0.25, 0.3) is 5.91 Å². The van der Waals surface area contributed by atoms with Gasteiger partial charge in [-0.1, -0.05) is 48.2 Å². The number of carboxylic acid groups (broad SMARTS) is 1. The smallest absolute Gasteiger partial charge is 0.418 e. The summed E-state index contributed by atoms with van der Waals surface area (Å²) in [7, 11) is 0. The zero-order valence-electron chi connectivity index (χ0n) is 13.4. The van der Waals surface area contributed by atoms with E-state index in [0.29, 0.717) is 5.56 Å². The Kier molecular flexibility index (Phi) is 5.07. The average Bonchev–Trinajstić information content (AvgIpc) is 2.88. The summed E-state index contributed by atoms with van der Waals surface area (Å²) in [6.07, 6.45) is -3.17. The first-order chi connectivity index (χ1) is 12.7. The van der Waals surface area contributed by atoms with E-state index in [4.69, 9.17) is 17.3 Å². The molecule has 3 rings (SSSR count). The number of thioether (sulfide) groups is 1. The maximum atomic E-state index is 13.3. The molecule has 0 radical (unpaired) electrons. The number of hydrogen-bond acceptors (Lipinski definition) is 4. The fourth-order valence-electron chi connectivity index (χ4n) is 2.46. The number of hydrogen-bond donors (Lipinski definition) is 1. The Hall–Kier alpha value is -2.65. The number of carboxylic acids is 1. The lowest BCUT2D eigenvalue weighted by Gasteiger charge is -2.20. The van der Waals surface area contributed by atoms with E-state index in [1.54, 1.807) is 0 Å². The van der Waals surface area contributed by atoms with Gasteiger partial charge in [-0.3, -0.25) is 9.69 Å². The molecule has 1 aliphatic rings. The number of anilines is 1. The van der Waals surface area contributed by atoms with Crippen LogP contribution in [0.15, 0.2) is 53.4 Å². The largest absolute Gasteiger partial charge is 0.478 e. The number of halogens is 3. The van der Waals surface area contributed by atoms with Gasteiger partial charge in [0.2, 0.25) is 0 Å². The third-order valence-corrected chi connectivity index (χ3v) is 5.00. The lowest BCUT2D eigenvalue weighted by atomic mass is 10.1. The van der Waals surface area contributed by atoms with Gasteiger partial charge in [0, 0.05) is 0 Å². The summed E-state index contributed by atoms with van der Waals surface area (Å²) in [4.78, 5) is 24.6. The van der Waals surface area contributed by atoms with Crippen LogP contribution in [0.2, 0.25) is 0 Å². The average molecular weight is 409 g/mol. The minimum absolute atomic E-state index is 0.00916. The van der Waals surface area contributed by atoms with E-state index in [9.17, 15) is 22.8 Å². The van der Waals surface area contributed by atoms with E-state index in [2.05, 4.69) is 0 Å². The second kappa shape index (κ2) is 7.16. The first kappa shape index (κ1) is 19.1. The van der Waals surface area contributed by atoms with E-state index in [0.717, 1.165) is 22.7 Å². The van der Waals surface area contributed by atoms with Crippen LogP contribution in [0, 0.1) is 0 Å². The maximum Gasteiger partial charge on any atom is 0.418 e. The molecule has 0 spiro atoms. The molecule has 9 heteroatoms. The van der Waals surface area contributed by atoms with Crippen molar-refractivity contribution in [2.24, 2.45) is 0 Å². The van der Waals surface area contributed by atoms with Gasteiger partial charge < -0.3 is 5.11 Å². The van der Waals surface area contributed by atoms with Crippen molar-refractivity contribution < 1.29 is 27.9 Å². The van der Waals surface area contributed by atoms with Crippen LogP contribution in [-0.2, 0) is 11.0 Å². The molecule has 1 saturated heterocycles. The first-order valence-corrected chi connectivity index (χ1v) is 8.68. The van der Waals surface area contributed by atoms with E-state index in [1.165, 1.54) is 48.5 Å². The molecule has 0 aromatic heterocycles. The molecule has 0 unspecified atom stereocenters. The minimum atomic E-state index is -4.63. The van der Waals surface area contributed by atoms with Crippen LogP contribution in [-0.4, -0.2) is 21.3 Å². The van der Waals surface area contributed by atoms with E-state index in [-0.39, 0.29) is 20.5 Å². The van der Waals surface area contributed by atoms with Crippen LogP contribution in [0.5, 0.6) is 0 Å². The predicted octanol–water partition coefficient (Wildman–Crippen LogP) is 4.81. The van der Waals surface area contributed by atoms with Gasteiger partial charge in [0.1, 0.15) is 0 Å². The third-order valence-electron chi connectivity index (χ3n) is 3.70. The summed E-state index contributed by atoms with van der Waals surface area (Å²) in [5, 5.41) is 8.90. The Labute approximate surface area is 161 Å². The summed E-state index contributed by atoms with van der Waals surface area (Å²) >= 11 is 6.00. The number of rotatable bonds is 3. The van der Waals surface area contributed by atoms with Crippen LogP contribution >= 0.6 is 24.0 Å². The Morgan fingerprint density at radius 1 is 1.11 bits per heavy atom. The van der Waals surface area contributed by atoms with Gasteiger partial charge in [0.15, 0.2) is 4.32 Å². The number of nitrogens with zero attached hydrogens (tertiary/aromatic N) is 1. The van der Waals surface area contributed by atoms with Crippen LogP contribution < -0.4 is 4.90 Å². The van der Waals surface area contributed by atoms with Crippen molar-refractivity contribution in [2.75, 3.05) is 4.90 Å². The van der Waals surface area contributed by atoms with Gasteiger partial charge in [-0.2, -0.15) is 13.2 Å². The summed E-state index contributed by atoms with van der Waals surface area (Å²) in [5.74, 6) is -1.75. The van der Waals surface area contributed by atoms with E-state index in [1.807, 2.05) is 0 Å². The molecule has 0 saturated carbocycles. The van der Waals surface area contributed by atoms with Gasteiger partial charge >= 0.3 is 12.1 Å². The van der Waals surface area contributed by atoms with Crippen LogP contribution in [0.4, 0.5) is 18.9 Å². The monoisotopic (exact) mass is 409 g/mol. The number of benzene rings is 2. The zero-order valence-corrected chi connectivity index (χ0v) is 15.0. The van der Waals surface area contributed by atoms with E-state index < -0.39 is 23.6 Å². The number of carbonyl (C=O) groups excluding carboxylic acids is 1. The topological polar surface area (TPSA) is 57.6 Å². The lowest BCUT2D eigenvalue weighted by Crippen LogP contribution is -2.29. The summed E-state index contributed by atoms with van der Waals surface area (Å²) in [6.45, 7) is 0. The van der Waals surface area contributed by atoms with Crippen LogP contribution in [0.3, 0.4) is 0 Å². The number of carbonyl (C=O) groups is 2. The molecule has 0 aliphatic carbocycles. The second-order valence-electron chi connectivity index (χ2n) is 5.46. The quantitative estimate of drug-likeness (QED) is 0.583. The Bertz CT molecular complexity index is 969. The lowest BCUT2D eigenvalue weighted by molar-refractivity contribution is -0.137. The molecule has 0 bridgehead atoms. The van der Waals surface area contributed by atoms with Crippen molar-refractivity contribution in [1.29, 1.82) is 0 Å². The molecular formula is C18H10F3NO3S2. The molecule has 1 N–H and O–H groups in total. The molecule has 2 aromatic rings. The standard InChI is InChI=1S/C18H10F3NO3S2/c19-18(20,21)12-3-1-2-4-13(12)22-15(23)14(27-17(22)26)9-10-5-7-11(8-6-10)16(24)25/h1-9H,(H,24,25)/b14-9-. The molecule has 27 heavy (non-hydrogen) atoms. The zero-order chi connectivity index (χ0) is 19.8. The first-order valence-electron chi connectivity index (χ1n) is 7.46. The highest BCUT2D eigenvalue weighted by Gasteiger charge is 2.40. The fraction of sp³-hybridized carbons (Fsp3) is 0.0556. The molecule has 1 fully saturated rings. The Morgan fingerprint density at radius 3 is 2.33 bits per heavy atom. The number of amides is 1. The third kappa shape index (κ3) is 3.88. The molecular weight excluding hydrogens is 399 g/mol. The SMILES string of the molecule is O=C(O)c1ccc(/C=C2\SC(=S)N(c3ccccc3C(F)(F)F)C2=O)cc1. The molecule has 1 amide bonds. The Morgan fingerprint density at radius 2 is 1.74 bits per heavy atom. The van der Waals surface area contributed by atoms with Crippen molar-refractivity contribution in [3.63, 3.8) is 0 Å². The Balaban J connectivity index is 1.96. The maximum absolute atomic E-state index is 13.3. The predicted molar refractivity (Wildman–Crippen MR) is 100 cm³/mol. The summed E-state index contributed by atoms with van der Waals surface area (Å²) in [5.41, 5.74) is -0.658. The minimum Gasteiger partial charge on any atom is -0.478 e. The van der Waals surface area contributed by atoms with E-state index >= 15 is 0 Å². The van der Waals surface area contributed by atoms with Crippen molar-refractivity contribution in [3.05, 3.63) is 70.1 Å². The molecule has 1 heterocycles. The highest BCUT2D eigenvalue weighted by atomic mass is 32.2. The second-order valence-corrected chi connectivity index (χ2v) is 7.13. The highest BCUT2D eigenvalue weighted by Crippen LogP contribution is 2.42. The van der Waals surface area contributed by atoms with Crippen LogP contribution in [0.1, 0.15) is 21.5 Å². The molecule has 1 aliphatic heterocycles. The van der Waals surface area contributed by atoms with Crippen molar-refractivity contribution in [1.82, 2.24) is 0 Å². The van der Waals surface area contributed by atoms with Gasteiger partial charge in [-0.15, -0.1) is 0 Å². The van der Waals surface area contributed by atoms with Crippen molar-refractivity contribution in [2.45, 2.75) is 6.18 Å². The molecule has 4 nitrogen and oxygen atoms in total. The summed E-state index contributed by atoms with van der Waals surface area (Å²) < 4.78 is 39.7. The van der Waals surface area contributed by atoms with Gasteiger partial charge in [-0.25, -0.2) is 4.79 Å².